The minimum atomic E-state index is -1.41. The molecule has 85 heavy (non-hydrogen) atoms. The average Bonchev–Trinajstić information content (AvgIpc) is 1.59. The van der Waals surface area contributed by atoms with E-state index in [1.165, 1.54) is 14.0 Å². The maximum Gasteiger partial charge on any atom is 0.408 e. The number of aldehydes is 1. The van der Waals surface area contributed by atoms with Gasteiger partial charge < -0.3 is 60.1 Å². The number of nitrogens with one attached hydrogen (secondary N) is 5. The number of ether oxygens (including phenoxy) is 4. The van der Waals surface area contributed by atoms with Crippen molar-refractivity contribution in [3.8, 4) is 0 Å². The van der Waals surface area contributed by atoms with Gasteiger partial charge in [0.15, 0.2) is 6.10 Å². The molecule has 4 aliphatic heterocycles. The Morgan fingerprint density at radius 1 is 0.600 bits per heavy atom. The predicted molar refractivity (Wildman–Crippen MR) is 320 cm³/mol. The van der Waals surface area contributed by atoms with Gasteiger partial charge in [-0.3, -0.25) is 33.6 Å². The van der Waals surface area contributed by atoms with Gasteiger partial charge >= 0.3 is 24.1 Å². The van der Waals surface area contributed by atoms with Gasteiger partial charge in [-0.1, -0.05) is 145 Å². The molecule has 11 atom stereocenters. The van der Waals surface area contributed by atoms with E-state index in [1.54, 1.807) is 51.3 Å². The zero-order valence-electron chi connectivity index (χ0n) is 54.4. The minimum Gasteiger partial charge on any atom is -0.468 e. The number of carbonyl (C=O) groups excluding carboxylic acids is 10. The van der Waals surface area contributed by atoms with Crippen molar-refractivity contribution in [3.05, 3.63) is 0 Å². The van der Waals surface area contributed by atoms with E-state index in [2.05, 4.69) is 59.0 Å². The van der Waals surface area contributed by atoms with Crippen LogP contribution in [0.1, 0.15) is 219 Å². The molecule has 7 amide bonds. The lowest BCUT2D eigenvalue weighted by molar-refractivity contribution is -0.157. The topological polar surface area (TPSA) is 274 Å². The largest absolute Gasteiger partial charge is 0.468 e. The van der Waals surface area contributed by atoms with Gasteiger partial charge in [-0.2, -0.15) is 0 Å². The number of carbonyl (C=O) groups is 10. The quantitative estimate of drug-likeness (QED) is 0.0871. The first-order valence-corrected chi connectivity index (χ1v) is 31.7. The number of fused-ring (bicyclic) bond motifs is 6. The molecule has 0 spiro atoms. The molecule has 0 aromatic heterocycles. The second-order valence-electron chi connectivity index (χ2n) is 29.6. The molecular weight excluding hydrogens is 1090 g/mol. The molecule has 4 saturated heterocycles. The van der Waals surface area contributed by atoms with Crippen LogP contribution >= 0.6 is 0 Å². The van der Waals surface area contributed by atoms with Crippen molar-refractivity contribution >= 4 is 59.9 Å². The highest BCUT2D eigenvalue weighted by Crippen LogP contribution is 2.66. The molecule has 5 N–H and O–H groups in total. The summed E-state index contributed by atoms with van der Waals surface area (Å²) in [6.07, 6.45) is 14.1. The first-order chi connectivity index (χ1) is 39.5. The summed E-state index contributed by atoms with van der Waals surface area (Å²) >= 11 is 0. The van der Waals surface area contributed by atoms with Crippen LogP contribution in [-0.2, 0) is 57.3 Å². The lowest BCUT2D eigenvalue weighted by Gasteiger charge is -2.40. The van der Waals surface area contributed by atoms with Crippen molar-refractivity contribution in [1.29, 1.82) is 0 Å². The maximum absolute atomic E-state index is 14.6. The number of methoxy groups -OCH3 is 1. The van der Waals surface area contributed by atoms with Crippen LogP contribution in [0.5, 0.6) is 0 Å². The van der Waals surface area contributed by atoms with E-state index in [0.717, 1.165) is 96.2 Å². The predicted octanol–water partition coefficient (Wildman–Crippen LogP) is 8.22. The fraction of sp³-hybridized carbons (Fsp3) is 0.844. The van der Waals surface area contributed by atoms with Crippen LogP contribution in [-0.4, -0.2) is 150 Å². The number of esters is 2. The fourth-order valence-corrected chi connectivity index (χ4v) is 13.8. The lowest BCUT2D eigenvalue weighted by atomic mass is 9.78. The molecular formula is C64H107N7O14. The minimum absolute atomic E-state index is 0.0381. The van der Waals surface area contributed by atoms with E-state index in [1.807, 2.05) is 27.7 Å². The van der Waals surface area contributed by atoms with Gasteiger partial charge in [0.1, 0.15) is 48.2 Å². The van der Waals surface area contributed by atoms with Gasteiger partial charge in [0.25, 0.3) is 5.91 Å². The molecule has 21 heteroatoms. The molecule has 6 rings (SSSR count). The van der Waals surface area contributed by atoms with Gasteiger partial charge in [-0.25, -0.2) is 9.59 Å². The highest BCUT2D eigenvalue weighted by Gasteiger charge is 2.71. The molecule has 21 nitrogen and oxygen atoms in total. The highest BCUT2D eigenvalue weighted by molar-refractivity contribution is 5.95. The second kappa shape index (κ2) is 29.0. The van der Waals surface area contributed by atoms with Crippen molar-refractivity contribution in [2.45, 2.75) is 273 Å². The van der Waals surface area contributed by atoms with Crippen molar-refractivity contribution in [2.75, 3.05) is 26.7 Å². The lowest BCUT2D eigenvalue weighted by Crippen LogP contribution is -2.61. The molecule has 482 valence electrons. The van der Waals surface area contributed by atoms with E-state index in [-0.39, 0.29) is 52.2 Å². The van der Waals surface area contributed by atoms with Gasteiger partial charge in [0.2, 0.25) is 23.6 Å². The second-order valence-corrected chi connectivity index (χ2v) is 29.6. The maximum atomic E-state index is 14.6. The van der Waals surface area contributed by atoms with E-state index < -0.39 is 107 Å². The van der Waals surface area contributed by atoms with Crippen LogP contribution in [0, 0.1) is 45.3 Å². The van der Waals surface area contributed by atoms with Crippen LogP contribution in [0.3, 0.4) is 0 Å². The summed E-state index contributed by atoms with van der Waals surface area (Å²) < 4.78 is 21.2. The molecule has 0 aromatic rings. The molecule has 6 fully saturated rings. The number of rotatable bonds is 8. The van der Waals surface area contributed by atoms with E-state index >= 15 is 0 Å². The third-order valence-electron chi connectivity index (χ3n) is 18.9. The van der Waals surface area contributed by atoms with Crippen LogP contribution in [0.4, 0.5) is 9.59 Å². The smallest absolute Gasteiger partial charge is 0.408 e. The van der Waals surface area contributed by atoms with E-state index in [4.69, 9.17) is 14.2 Å². The number of hydrogen-bond acceptors (Lipinski definition) is 14. The molecule has 0 bridgehead atoms. The Balaban J connectivity index is 0.000000321. The normalized spacial score (nSPS) is 30.3. The molecule has 0 aromatic carbocycles. The summed E-state index contributed by atoms with van der Waals surface area (Å²) in [5, 5.41) is 14.1. The molecule has 4 heterocycles. The summed E-state index contributed by atoms with van der Waals surface area (Å²) in [5.74, 6) is -3.27. The monoisotopic (exact) mass is 1200 g/mol. The Labute approximate surface area is 506 Å². The van der Waals surface area contributed by atoms with Crippen LogP contribution in [0.2, 0.25) is 0 Å². The average molecular weight is 1200 g/mol. The summed E-state index contributed by atoms with van der Waals surface area (Å²) in [7, 11) is 1.19. The molecule has 3 unspecified atom stereocenters. The Hall–Kier alpha value is -5.50. The number of piperidine rings is 2. The van der Waals surface area contributed by atoms with Crippen molar-refractivity contribution in [1.82, 2.24) is 36.4 Å². The molecule has 0 radical (unpaired) electrons. The van der Waals surface area contributed by atoms with Gasteiger partial charge in [0, 0.05) is 20.0 Å². The zero-order chi connectivity index (χ0) is 63.6. The Bertz CT molecular complexity index is 2390. The van der Waals surface area contributed by atoms with E-state index in [0.29, 0.717) is 38.8 Å². The van der Waals surface area contributed by atoms with E-state index in [9.17, 15) is 47.9 Å². The Kier molecular flexibility index (Phi) is 24.0. The first-order valence-electron chi connectivity index (χ1n) is 31.7. The summed E-state index contributed by atoms with van der Waals surface area (Å²) in [4.78, 5) is 135. The van der Waals surface area contributed by atoms with Crippen molar-refractivity contribution in [2.24, 2.45) is 45.3 Å². The van der Waals surface area contributed by atoms with Crippen molar-refractivity contribution < 1.29 is 66.9 Å². The van der Waals surface area contributed by atoms with Crippen molar-refractivity contribution in [3.63, 3.8) is 0 Å². The van der Waals surface area contributed by atoms with Crippen LogP contribution in [0.15, 0.2) is 0 Å². The highest BCUT2D eigenvalue weighted by atomic mass is 16.6. The summed E-state index contributed by atoms with van der Waals surface area (Å²) in [6, 6.07) is -4.76. The third-order valence-corrected chi connectivity index (χ3v) is 18.9. The summed E-state index contributed by atoms with van der Waals surface area (Å²) in [5.41, 5.74) is -2.89. The Morgan fingerprint density at radius 2 is 0.988 bits per heavy atom. The third kappa shape index (κ3) is 19.0. The Morgan fingerprint density at radius 3 is 1.38 bits per heavy atom. The molecule has 2 aliphatic carbocycles. The number of amides is 7. The summed E-state index contributed by atoms with van der Waals surface area (Å²) in [6.45, 7) is 28.6. The molecule has 6 aliphatic rings. The number of hydrogen-bond donors (Lipinski definition) is 5. The van der Waals surface area contributed by atoms with Gasteiger partial charge in [-0.05, 0) is 113 Å². The van der Waals surface area contributed by atoms with Crippen LogP contribution < -0.4 is 26.6 Å². The first kappa shape index (κ1) is 70.3. The fourth-order valence-electron chi connectivity index (χ4n) is 13.8. The van der Waals surface area contributed by atoms with Gasteiger partial charge in [0.05, 0.1) is 19.2 Å². The zero-order valence-corrected chi connectivity index (χ0v) is 54.4. The van der Waals surface area contributed by atoms with Crippen LogP contribution in [0.25, 0.3) is 0 Å². The SMILES string of the molecule is CC(C)(C)OC(=O)N[C@@H]1C(=O)N2CC3[C@@H]([C@H]2C(=O)N[C@H](C=O)CCCCCCCCCC1(C)C)C3(C)C.COC(=O)CNC(=O)C(OC(C)=O)[C@@H]1CCCCCCCCCC(C)(C)[C@H](NC(=O)OC(C)(C)C)C(=O)N2CC3[C@@H]([C@H]2C(=O)N1)C3(C)C. The molecule has 2 saturated carbocycles. The number of alkyl carbamates (subject to hydrolysis) is 2. The van der Waals surface area contributed by atoms with Gasteiger partial charge in [-0.15, -0.1) is 0 Å². The standard InChI is InChI=1S/C35H58N4O9.C29H49N3O5/c1-21(40)47-27(30(43)36-19-24(41)46-9)23-17-15-13-11-10-12-14-16-18-34(5,6)28(38-32(45)48-33(2,3)4)31(44)39-20-22-25(35(22,7)8)26(39)29(42)37-23;1-27(2,3)37-26(36)31-23-25(35)32-17-20-21(29(20,6)7)22(32)24(34)30-19(18-33)15-13-11-9-8-10-12-14-16-28(23,4)5/h22-23,25-28H,10-20H2,1-9H3,(H,36,43)(H,37,42)(H,38,45);18-23H,8-17H2,1-7H3,(H,30,34)(H,31,36)/t22?,23-,25-,26-,27?,28+;19-,20?,21-,22-,23+/m00/s1. The number of nitrogens with zero attached hydrogens (tertiary/aromatic N) is 2.